The highest BCUT2D eigenvalue weighted by Gasteiger charge is 2.07. The van der Waals surface area contributed by atoms with Crippen LogP contribution in [0.15, 0.2) is 24.3 Å². The van der Waals surface area contributed by atoms with Crippen molar-refractivity contribution in [2.24, 2.45) is 0 Å². The summed E-state index contributed by atoms with van der Waals surface area (Å²) in [5.74, 6) is -0.221. The normalized spacial score (nSPS) is 10.0. The van der Waals surface area contributed by atoms with E-state index in [1.807, 2.05) is 24.3 Å². The van der Waals surface area contributed by atoms with Gasteiger partial charge in [0.05, 0.1) is 13.5 Å². The van der Waals surface area contributed by atoms with Crippen LogP contribution in [0.4, 0.5) is 0 Å². The number of ketones is 1. The maximum Gasteiger partial charge on any atom is 0.305 e. The van der Waals surface area contributed by atoms with Gasteiger partial charge in [-0.3, -0.25) is 9.59 Å². The molecule has 1 rings (SSSR count). The first-order valence-corrected chi connectivity index (χ1v) is 6.52. The topological polar surface area (TPSA) is 43.4 Å². The number of hydrogen-bond acceptors (Lipinski definition) is 3. The highest BCUT2D eigenvalue weighted by molar-refractivity contribution is 14.1. The molecule has 4 heteroatoms. The maximum absolute atomic E-state index is 11.5. The van der Waals surface area contributed by atoms with Crippen LogP contribution in [0.5, 0.6) is 0 Å². The molecule has 0 aliphatic heterocycles. The van der Waals surface area contributed by atoms with Crippen LogP contribution in [-0.4, -0.2) is 18.9 Å². The molecule has 92 valence electrons. The first-order valence-electron chi connectivity index (χ1n) is 5.45. The monoisotopic (exact) mass is 346 g/mol. The lowest BCUT2D eigenvalue weighted by molar-refractivity contribution is -0.141. The molecule has 0 aliphatic carbocycles. The van der Waals surface area contributed by atoms with E-state index in [4.69, 9.17) is 0 Å². The fourth-order valence-corrected chi connectivity index (χ4v) is 1.76. The SMILES string of the molecule is COC(=O)CCC(=O)CCc1ccc(I)cc1. The van der Waals surface area contributed by atoms with Gasteiger partial charge in [0, 0.05) is 16.4 Å². The van der Waals surface area contributed by atoms with Crippen molar-refractivity contribution in [2.75, 3.05) is 7.11 Å². The lowest BCUT2D eigenvalue weighted by Gasteiger charge is -2.01. The average Bonchev–Trinajstić information content (AvgIpc) is 2.35. The molecule has 0 aromatic heterocycles. The lowest BCUT2D eigenvalue weighted by Crippen LogP contribution is -2.06. The molecule has 0 amide bonds. The van der Waals surface area contributed by atoms with Crippen LogP contribution in [0.25, 0.3) is 0 Å². The number of halogens is 1. The van der Waals surface area contributed by atoms with Gasteiger partial charge in [0.25, 0.3) is 0 Å². The van der Waals surface area contributed by atoms with E-state index in [1.165, 1.54) is 10.7 Å². The molecule has 1 aromatic carbocycles. The highest BCUT2D eigenvalue weighted by atomic mass is 127. The van der Waals surface area contributed by atoms with E-state index in [2.05, 4.69) is 27.3 Å². The van der Waals surface area contributed by atoms with Gasteiger partial charge in [-0.2, -0.15) is 0 Å². The largest absolute Gasteiger partial charge is 0.469 e. The first-order chi connectivity index (χ1) is 8.11. The zero-order valence-corrected chi connectivity index (χ0v) is 11.9. The molecule has 0 bridgehead atoms. The minimum Gasteiger partial charge on any atom is -0.469 e. The number of esters is 1. The van der Waals surface area contributed by atoms with Crippen LogP contribution in [0.2, 0.25) is 0 Å². The second kappa shape index (κ2) is 7.42. The molecule has 0 heterocycles. The van der Waals surface area contributed by atoms with Crippen LogP contribution in [0, 0.1) is 3.57 Å². The summed E-state index contributed by atoms with van der Waals surface area (Å²) in [5.41, 5.74) is 1.15. The summed E-state index contributed by atoms with van der Waals surface area (Å²) in [6.07, 6.45) is 1.67. The molecular weight excluding hydrogens is 331 g/mol. The van der Waals surface area contributed by atoms with E-state index < -0.39 is 0 Å². The third-order valence-corrected chi connectivity index (χ3v) is 3.16. The Morgan fingerprint density at radius 2 is 1.76 bits per heavy atom. The Balaban J connectivity index is 2.28. The van der Waals surface area contributed by atoms with Gasteiger partial charge in [-0.25, -0.2) is 0 Å². The second-order valence-electron chi connectivity index (χ2n) is 3.74. The standard InChI is InChI=1S/C13H15IO3/c1-17-13(16)9-8-12(15)7-4-10-2-5-11(14)6-3-10/h2-3,5-6H,4,7-9H2,1H3. The average molecular weight is 346 g/mol. The fourth-order valence-electron chi connectivity index (χ4n) is 1.40. The molecule has 0 N–H and O–H groups in total. The number of aryl methyl sites for hydroxylation is 1. The number of Topliss-reactive ketones (excluding diaryl/α,β-unsaturated/α-hetero) is 1. The summed E-state index contributed by atoms with van der Waals surface area (Å²) in [7, 11) is 1.33. The van der Waals surface area contributed by atoms with Crippen molar-refractivity contribution in [1.82, 2.24) is 0 Å². The molecule has 17 heavy (non-hydrogen) atoms. The minimum absolute atomic E-state index is 0.106. The third kappa shape index (κ3) is 5.81. The van der Waals surface area contributed by atoms with Crippen molar-refractivity contribution in [3.05, 3.63) is 33.4 Å². The first kappa shape index (κ1) is 14.2. The molecule has 0 atom stereocenters. The van der Waals surface area contributed by atoms with Gasteiger partial charge in [-0.05, 0) is 46.7 Å². The minimum atomic E-state index is -0.326. The number of rotatable bonds is 6. The van der Waals surface area contributed by atoms with Gasteiger partial charge >= 0.3 is 5.97 Å². The van der Waals surface area contributed by atoms with Crippen molar-refractivity contribution in [2.45, 2.75) is 25.7 Å². The number of carbonyl (C=O) groups excluding carboxylic acids is 2. The lowest BCUT2D eigenvalue weighted by atomic mass is 10.1. The molecule has 0 radical (unpaired) electrons. The molecule has 0 fully saturated rings. The van der Waals surface area contributed by atoms with Crippen LogP contribution >= 0.6 is 22.6 Å². The summed E-state index contributed by atoms with van der Waals surface area (Å²) in [4.78, 5) is 22.3. The summed E-state index contributed by atoms with van der Waals surface area (Å²) in [5, 5.41) is 0. The number of ether oxygens (including phenoxy) is 1. The Kier molecular flexibility index (Phi) is 6.18. The summed E-state index contributed by atoms with van der Waals surface area (Å²) < 4.78 is 5.67. The summed E-state index contributed by atoms with van der Waals surface area (Å²) >= 11 is 2.24. The Labute approximate surface area is 115 Å². The van der Waals surface area contributed by atoms with Crippen molar-refractivity contribution in [3.63, 3.8) is 0 Å². The second-order valence-corrected chi connectivity index (χ2v) is 4.99. The van der Waals surface area contributed by atoms with Gasteiger partial charge in [0.2, 0.25) is 0 Å². The van der Waals surface area contributed by atoms with Crippen LogP contribution in [-0.2, 0) is 20.7 Å². The van der Waals surface area contributed by atoms with Crippen molar-refractivity contribution >= 4 is 34.3 Å². The van der Waals surface area contributed by atoms with Crippen molar-refractivity contribution in [1.29, 1.82) is 0 Å². The van der Waals surface area contributed by atoms with Crippen LogP contribution < -0.4 is 0 Å². The Hall–Kier alpha value is -0.910. The van der Waals surface area contributed by atoms with E-state index in [9.17, 15) is 9.59 Å². The molecule has 1 aromatic rings. The zero-order chi connectivity index (χ0) is 12.7. The van der Waals surface area contributed by atoms with E-state index in [-0.39, 0.29) is 24.6 Å². The van der Waals surface area contributed by atoms with Gasteiger partial charge < -0.3 is 4.74 Å². The molecular formula is C13H15IO3. The quantitative estimate of drug-likeness (QED) is 0.588. The molecule has 0 saturated heterocycles. The number of carbonyl (C=O) groups is 2. The smallest absolute Gasteiger partial charge is 0.305 e. The van der Waals surface area contributed by atoms with Crippen molar-refractivity contribution < 1.29 is 14.3 Å². The molecule has 0 unspecified atom stereocenters. The molecule has 0 saturated carbocycles. The van der Waals surface area contributed by atoms with E-state index >= 15 is 0 Å². The van der Waals surface area contributed by atoms with E-state index in [0.29, 0.717) is 6.42 Å². The number of methoxy groups -OCH3 is 1. The van der Waals surface area contributed by atoms with E-state index in [0.717, 1.165) is 12.0 Å². The summed E-state index contributed by atoms with van der Waals surface area (Å²) in [6, 6.07) is 8.09. The third-order valence-electron chi connectivity index (χ3n) is 2.44. The van der Waals surface area contributed by atoms with Gasteiger partial charge in [-0.15, -0.1) is 0 Å². The number of benzene rings is 1. The predicted octanol–water partition coefficient (Wildman–Crippen LogP) is 2.75. The van der Waals surface area contributed by atoms with Gasteiger partial charge in [0.1, 0.15) is 5.78 Å². The fraction of sp³-hybridized carbons (Fsp3) is 0.385. The molecule has 0 aliphatic rings. The molecule has 0 spiro atoms. The zero-order valence-electron chi connectivity index (χ0n) is 9.74. The van der Waals surface area contributed by atoms with Crippen LogP contribution in [0.3, 0.4) is 0 Å². The highest BCUT2D eigenvalue weighted by Crippen LogP contribution is 2.09. The van der Waals surface area contributed by atoms with Gasteiger partial charge in [0.15, 0.2) is 0 Å². The van der Waals surface area contributed by atoms with Crippen molar-refractivity contribution in [3.8, 4) is 0 Å². The van der Waals surface area contributed by atoms with Gasteiger partial charge in [-0.1, -0.05) is 12.1 Å². The Morgan fingerprint density at radius 1 is 1.12 bits per heavy atom. The summed E-state index contributed by atoms with van der Waals surface area (Å²) in [6.45, 7) is 0. The Morgan fingerprint density at radius 3 is 2.35 bits per heavy atom. The maximum atomic E-state index is 11.5. The number of hydrogen-bond donors (Lipinski definition) is 0. The van der Waals surface area contributed by atoms with Crippen LogP contribution in [0.1, 0.15) is 24.8 Å². The Bertz CT molecular complexity index is 384. The molecule has 3 nitrogen and oxygen atoms in total. The predicted molar refractivity (Wildman–Crippen MR) is 73.7 cm³/mol. The van der Waals surface area contributed by atoms with E-state index in [1.54, 1.807) is 0 Å².